The number of aliphatic hydroxyl groups is 3. The second-order valence-electron chi connectivity index (χ2n) is 13.0. The number of ketones is 1. The van der Waals surface area contributed by atoms with Gasteiger partial charge in [-0.2, -0.15) is 0 Å². The second kappa shape index (κ2) is 15.8. The minimum absolute atomic E-state index is 0.135. The molecule has 3 N–H and O–H groups in total. The van der Waals surface area contributed by atoms with Crippen molar-refractivity contribution in [3.05, 3.63) is 95.1 Å². The molecule has 0 radical (unpaired) electrons. The number of hydrogen-bond acceptors (Lipinski definition) is 8. The Bertz CT molecular complexity index is 1320. The van der Waals surface area contributed by atoms with Crippen LogP contribution in [0.25, 0.3) is 0 Å². The first-order chi connectivity index (χ1) is 21.1. The van der Waals surface area contributed by atoms with Gasteiger partial charge in [0.2, 0.25) is 0 Å². The Hall–Kier alpha value is -3.27. The molecule has 4 rings (SSSR count). The number of aryl methyl sites for hydroxylation is 1. The number of carbonyl (C=O) groups excluding carboxylic acids is 1. The first-order valence-corrected chi connectivity index (χ1v) is 15.7. The van der Waals surface area contributed by atoms with Crippen molar-refractivity contribution in [1.29, 1.82) is 0 Å². The monoisotopic (exact) mass is 620 g/mol. The van der Waals surface area contributed by atoms with Crippen LogP contribution in [0.1, 0.15) is 61.2 Å². The molecule has 45 heavy (non-hydrogen) atoms. The normalized spacial score (nSPS) is 15.2. The van der Waals surface area contributed by atoms with Gasteiger partial charge in [0.25, 0.3) is 0 Å². The Labute approximate surface area is 269 Å². The summed E-state index contributed by atoms with van der Waals surface area (Å²) in [5.74, 6) is -1.87. The van der Waals surface area contributed by atoms with Gasteiger partial charge in [-0.3, -0.25) is 4.79 Å². The highest BCUT2D eigenvalue weighted by Gasteiger charge is 2.31. The SMILES string of the molecule is CC(O)(O)COc1ccc(C(=O)C(C)(C)O)cc1.CCC(Cc1ccc(C)cc1)(Cc1ccc(N2CCOCC2)cc1)N(C)C. The van der Waals surface area contributed by atoms with E-state index in [9.17, 15) is 9.90 Å². The number of likely N-dealkylation sites (N-methyl/N-ethyl adjacent to an activating group) is 1. The van der Waals surface area contributed by atoms with Crippen LogP contribution in [0.15, 0.2) is 72.8 Å². The lowest BCUT2D eigenvalue weighted by atomic mass is 9.81. The number of rotatable bonds is 12. The summed E-state index contributed by atoms with van der Waals surface area (Å²) in [6, 6.07) is 24.3. The molecule has 1 heterocycles. The molecule has 3 aromatic carbocycles. The summed E-state index contributed by atoms with van der Waals surface area (Å²) in [6.45, 7) is 11.9. The van der Waals surface area contributed by atoms with Gasteiger partial charge in [0.15, 0.2) is 11.6 Å². The van der Waals surface area contributed by atoms with Gasteiger partial charge in [0, 0.05) is 29.9 Å². The molecule has 0 bridgehead atoms. The third-order valence-corrected chi connectivity index (χ3v) is 8.29. The van der Waals surface area contributed by atoms with E-state index in [-0.39, 0.29) is 17.9 Å². The zero-order valence-electron chi connectivity index (χ0n) is 28.0. The van der Waals surface area contributed by atoms with Crippen molar-refractivity contribution < 1.29 is 29.6 Å². The van der Waals surface area contributed by atoms with E-state index >= 15 is 0 Å². The highest BCUT2D eigenvalue weighted by atomic mass is 16.6. The van der Waals surface area contributed by atoms with Crippen molar-refractivity contribution in [1.82, 2.24) is 4.90 Å². The third-order valence-electron chi connectivity index (χ3n) is 8.29. The summed E-state index contributed by atoms with van der Waals surface area (Å²) < 4.78 is 10.6. The van der Waals surface area contributed by atoms with E-state index in [2.05, 4.69) is 86.3 Å². The van der Waals surface area contributed by atoms with Crippen molar-refractivity contribution >= 4 is 11.5 Å². The minimum Gasteiger partial charge on any atom is -0.488 e. The quantitative estimate of drug-likeness (QED) is 0.191. The molecule has 1 unspecified atom stereocenters. The van der Waals surface area contributed by atoms with Crippen LogP contribution in [0.3, 0.4) is 0 Å². The van der Waals surface area contributed by atoms with E-state index in [0.717, 1.165) is 45.6 Å². The maximum Gasteiger partial charge on any atom is 0.194 e. The first kappa shape index (κ1) is 36.2. The van der Waals surface area contributed by atoms with Gasteiger partial charge in [0.05, 0.1) is 13.2 Å². The molecule has 0 amide bonds. The van der Waals surface area contributed by atoms with Crippen LogP contribution in [0.4, 0.5) is 5.69 Å². The maximum atomic E-state index is 11.7. The zero-order valence-corrected chi connectivity index (χ0v) is 28.0. The molecule has 8 nitrogen and oxygen atoms in total. The first-order valence-electron chi connectivity index (χ1n) is 15.7. The van der Waals surface area contributed by atoms with Gasteiger partial charge in [-0.25, -0.2) is 0 Å². The number of anilines is 1. The molecule has 8 heteroatoms. The van der Waals surface area contributed by atoms with Crippen LogP contribution >= 0.6 is 0 Å². The fourth-order valence-electron chi connectivity index (χ4n) is 5.33. The number of ether oxygens (including phenoxy) is 2. The van der Waals surface area contributed by atoms with Crippen LogP contribution in [0.2, 0.25) is 0 Å². The minimum atomic E-state index is -1.90. The number of benzene rings is 3. The third kappa shape index (κ3) is 11.2. The van der Waals surface area contributed by atoms with Gasteiger partial charge in [0.1, 0.15) is 18.0 Å². The molecule has 0 aliphatic carbocycles. The van der Waals surface area contributed by atoms with E-state index in [0.29, 0.717) is 11.3 Å². The molecule has 1 atom stereocenters. The predicted octanol–water partition coefficient (Wildman–Crippen LogP) is 5.05. The van der Waals surface area contributed by atoms with Gasteiger partial charge in [-0.15, -0.1) is 0 Å². The Kier molecular flexibility index (Phi) is 12.7. The van der Waals surface area contributed by atoms with Crippen molar-refractivity contribution in [3.63, 3.8) is 0 Å². The van der Waals surface area contributed by atoms with E-state index in [1.54, 1.807) is 0 Å². The van der Waals surface area contributed by atoms with Crippen molar-refractivity contribution in [2.45, 2.75) is 70.8 Å². The standard InChI is InChI=1S/C24H34N2O.C13H18O5/c1-5-24(25(3)4,18-21-8-6-20(2)7-9-21)19-22-10-12-23(13-11-22)26-14-16-27-17-15-26;1-12(2,15)11(14)9-4-6-10(7-5-9)18-8-13(3,16)17/h6-13H,5,14-19H2,1-4H3;4-7,15-17H,8H2,1-3H3. The van der Waals surface area contributed by atoms with Gasteiger partial charge >= 0.3 is 0 Å². The van der Waals surface area contributed by atoms with Crippen LogP contribution in [-0.2, 0) is 17.6 Å². The number of morpholine rings is 1. The fourth-order valence-corrected chi connectivity index (χ4v) is 5.33. The molecule has 1 aliphatic rings. The summed E-state index contributed by atoms with van der Waals surface area (Å²) >= 11 is 0. The van der Waals surface area contributed by atoms with Crippen molar-refractivity contribution in [2.24, 2.45) is 0 Å². The molecule has 3 aromatic rings. The zero-order chi connectivity index (χ0) is 33.3. The molecule has 246 valence electrons. The lowest BCUT2D eigenvalue weighted by Gasteiger charge is -2.40. The van der Waals surface area contributed by atoms with Crippen LogP contribution in [0.5, 0.6) is 5.75 Å². The highest BCUT2D eigenvalue weighted by molar-refractivity contribution is 6.01. The Balaban J connectivity index is 0.000000268. The number of carbonyl (C=O) groups is 1. The van der Waals surface area contributed by atoms with Gasteiger partial charge in [-0.05, 0) is 109 Å². The molecule has 1 aliphatic heterocycles. The maximum absolute atomic E-state index is 11.7. The average molecular weight is 621 g/mol. The second-order valence-corrected chi connectivity index (χ2v) is 13.0. The molecule has 0 saturated carbocycles. The largest absolute Gasteiger partial charge is 0.488 e. The highest BCUT2D eigenvalue weighted by Crippen LogP contribution is 2.29. The summed E-state index contributed by atoms with van der Waals surface area (Å²) in [4.78, 5) is 16.6. The van der Waals surface area contributed by atoms with Gasteiger partial charge < -0.3 is 34.6 Å². The van der Waals surface area contributed by atoms with Crippen molar-refractivity contribution in [3.8, 4) is 5.75 Å². The lowest BCUT2D eigenvalue weighted by Crippen LogP contribution is -2.47. The summed E-state index contributed by atoms with van der Waals surface area (Å²) in [7, 11) is 4.44. The number of nitrogens with zero attached hydrogens (tertiary/aromatic N) is 2. The molecular formula is C37H52N2O6. The summed E-state index contributed by atoms with van der Waals surface area (Å²) in [5.41, 5.74) is 4.55. The molecule has 1 fully saturated rings. The van der Waals surface area contributed by atoms with Crippen LogP contribution < -0.4 is 9.64 Å². The molecule has 0 spiro atoms. The molecular weight excluding hydrogens is 568 g/mol. The fraction of sp³-hybridized carbons (Fsp3) is 0.486. The number of hydrogen-bond donors (Lipinski definition) is 3. The Morgan fingerprint density at radius 2 is 1.36 bits per heavy atom. The Morgan fingerprint density at radius 3 is 1.80 bits per heavy atom. The molecule has 1 saturated heterocycles. The van der Waals surface area contributed by atoms with Crippen LogP contribution in [-0.4, -0.2) is 89.9 Å². The molecule has 0 aromatic heterocycles. The predicted molar refractivity (Wildman–Crippen MR) is 180 cm³/mol. The average Bonchev–Trinajstić information content (AvgIpc) is 3.01. The van der Waals surface area contributed by atoms with Crippen molar-refractivity contribution in [2.75, 3.05) is 51.9 Å². The van der Waals surface area contributed by atoms with E-state index in [1.807, 2.05) is 0 Å². The van der Waals surface area contributed by atoms with Gasteiger partial charge in [-0.1, -0.05) is 48.9 Å². The van der Waals surface area contributed by atoms with E-state index in [1.165, 1.54) is 67.4 Å². The number of Topliss-reactive ketones (excluding diaryl/α,β-unsaturated/α-hetero) is 1. The summed E-state index contributed by atoms with van der Waals surface area (Å²) in [6.07, 6.45) is 3.26. The topological polar surface area (TPSA) is 103 Å². The van der Waals surface area contributed by atoms with E-state index in [4.69, 9.17) is 19.7 Å². The lowest BCUT2D eigenvalue weighted by molar-refractivity contribution is -0.165. The smallest absolute Gasteiger partial charge is 0.194 e. The van der Waals surface area contributed by atoms with E-state index < -0.39 is 11.4 Å². The Morgan fingerprint density at radius 1 is 0.844 bits per heavy atom. The summed E-state index contributed by atoms with van der Waals surface area (Å²) in [5, 5.41) is 27.7. The van der Waals surface area contributed by atoms with Crippen LogP contribution in [0, 0.1) is 6.92 Å².